The van der Waals surface area contributed by atoms with Gasteiger partial charge < -0.3 is 10.2 Å². The number of halogens is 1. The normalized spacial score (nSPS) is 18.9. The smallest absolute Gasteiger partial charge is 0.234 e. The van der Waals surface area contributed by atoms with Crippen molar-refractivity contribution < 1.29 is 9.59 Å². The molecule has 2 aliphatic rings. The molecule has 1 heterocycles. The summed E-state index contributed by atoms with van der Waals surface area (Å²) in [6.07, 6.45) is 5.33. The van der Waals surface area contributed by atoms with Crippen LogP contribution in [0.3, 0.4) is 0 Å². The Labute approximate surface area is 168 Å². The molecule has 0 unspecified atom stereocenters. The standard InChI is InChI=1S/C19H26BrN3O2S/c20-15-4-3-5-16(12-15)21-18(24)13-26-14-19(25)23-10-8-22(9-11-23)17-6-1-2-7-17/h3-5,12,17H,1-2,6-11,13-14H2,(H,21,24). The lowest BCUT2D eigenvalue weighted by atomic mass is 10.2. The zero-order chi connectivity index (χ0) is 18.4. The Morgan fingerprint density at radius 1 is 1.12 bits per heavy atom. The van der Waals surface area contributed by atoms with Crippen molar-refractivity contribution in [1.29, 1.82) is 0 Å². The molecule has 1 aromatic rings. The third kappa shape index (κ3) is 5.72. The second-order valence-corrected chi connectivity index (χ2v) is 8.81. The Morgan fingerprint density at radius 3 is 2.54 bits per heavy atom. The molecule has 1 N–H and O–H groups in total. The largest absolute Gasteiger partial charge is 0.339 e. The number of carbonyl (C=O) groups is 2. The van der Waals surface area contributed by atoms with Gasteiger partial charge in [0.05, 0.1) is 11.5 Å². The number of nitrogens with one attached hydrogen (secondary N) is 1. The van der Waals surface area contributed by atoms with Gasteiger partial charge in [0.1, 0.15) is 0 Å². The van der Waals surface area contributed by atoms with E-state index in [0.717, 1.165) is 42.4 Å². The van der Waals surface area contributed by atoms with Crippen LogP contribution in [0.15, 0.2) is 28.7 Å². The molecule has 26 heavy (non-hydrogen) atoms. The zero-order valence-electron chi connectivity index (χ0n) is 15.0. The van der Waals surface area contributed by atoms with Crippen LogP contribution >= 0.6 is 27.7 Å². The molecule has 0 aromatic heterocycles. The molecule has 5 nitrogen and oxygen atoms in total. The van der Waals surface area contributed by atoms with Gasteiger partial charge in [-0.15, -0.1) is 11.8 Å². The summed E-state index contributed by atoms with van der Waals surface area (Å²) in [5, 5.41) is 2.85. The van der Waals surface area contributed by atoms with E-state index < -0.39 is 0 Å². The zero-order valence-corrected chi connectivity index (χ0v) is 17.4. The molecule has 0 atom stereocenters. The fourth-order valence-electron chi connectivity index (χ4n) is 3.69. The molecule has 7 heteroatoms. The van der Waals surface area contributed by atoms with E-state index in [4.69, 9.17) is 0 Å². The van der Waals surface area contributed by atoms with Gasteiger partial charge in [0.25, 0.3) is 0 Å². The van der Waals surface area contributed by atoms with Crippen molar-refractivity contribution in [3.8, 4) is 0 Å². The Bertz CT molecular complexity index is 629. The molecule has 1 saturated carbocycles. The topological polar surface area (TPSA) is 52.7 Å². The predicted octanol–water partition coefficient (Wildman–Crippen LogP) is 3.21. The number of benzene rings is 1. The molecular weight excluding hydrogens is 414 g/mol. The lowest BCUT2D eigenvalue weighted by molar-refractivity contribution is -0.130. The van der Waals surface area contributed by atoms with Crippen LogP contribution in [-0.4, -0.2) is 65.3 Å². The summed E-state index contributed by atoms with van der Waals surface area (Å²) in [5.41, 5.74) is 0.763. The summed E-state index contributed by atoms with van der Waals surface area (Å²) in [4.78, 5) is 28.9. The van der Waals surface area contributed by atoms with Crippen LogP contribution < -0.4 is 5.32 Å². The number of hydrogen-bond acceptors (Lipinski definition) is 4. The summed E-state index contributed by atoms with van der Waals surface area (Å²) in [6, 6.07) is 8.24. The van der Waals surface area contributed by atoms with Crippen LogP contribution in [-0.2, 0) is 9.59 Å². The van der Waals surface area contributed by atoms with Gasteiger partial charge >= 0.3 is 0 Å². The minimum absolute atomic E-state index is 0.0769. The van der Waals surface area contributed by atoms with E-state index in [0.29, 0.717) is 11.5 Å². The Balaban J connectivity index is 1.33. The molecule has 1 aliphatic heterocycles. The van der Waals surface area contributed by atoms with Crippen molar-refractivity contribution in [2.75, 3.05) is 43.0 Å². The van der Waals surface area contributed by atoms with E-state index in [-0.39, 0.29) is 11.8 Å². The van der Waals surface area contributed by atoms with Crippen molar-refractivity contribution in [1.82, 2.24) is 9.80 Å². The van der Waals surface area contributed by atoms with E-state index >= 15 is 0 Å². The van der Waals surface area contributed by atoms with Gasteiger partial charge in [-0.1, -0.05) is 34.8 Å². The van der Waals surface area contributed by atoms with E-state index in [1.165, 1.54) is 37.4 Å². The van der Waals surface area contributed by atoms with Crippen LogP contribution in [0.5, 0.6) is 0 Å². The Hall–Kier alpha value is -1.05. The van der Waals surface area contributed by atoms with Crippen LogP contribution in [0.25, 0.3) is 0 Å². The average molecular weight is 440 g/mol. The highest BCUT2D eigenvalue weighted by Crippen LogP contribution is 2.24. The van der Waals surface area contributed by atoms with E-state index in [1.807, 2.05) is 29.2 Å². The maximum absolute atomic E-state index is 12.4. The molecule has 1 aliphatic carbocycles. The first-order valence-corrected chi connectivity index (χ1v) is 11.2. The second kappa shape index (κ2) is 9.76. The monoisotopic (exact) mass is 439 g/mol. The molecule has 0 spiro atoms. The number of thioether (sulfide) groups is 1. The molecular formula is C19H26BrN3O2S. The van der Waals surface area contributed by atoms with Crippen molar-refractivity contribution in [3.63, 3.8) is 0 Å². The third-order valence-corrected chi connectivity index (χ3v) is 6.49. The number of rotatable bonds is 6. The maximum Gasteiger partial charge on any atom is 0.234 e. The average Bonchev–Trinajstić information content (AvgIpc) is 3.16. The van der Waals surface area contributed by atoms with Gasteiger partial charge in [0.15, 0.2) is 0 Å². The quantitative estimate of drug-likeness (QED) is 0.738. The van der Waals surface area contributed by atoms with E-state index in [9.17, 15) is 9.59 Å². The summed E-state index contributed by atoms with van der Waals surface area (Å²) in [6.45, 7) is 3.62. The molecule has 3 rings (SSSR count). The molecule has 142 valence electrons. The molecule has 1 aromatic carbocycles. The van der Waals surface area contributed by atoms with Crippen LogP contribution in [0.4, 0.5) is 5.69 Å². The number of piperazine rings is 1. The predicted molar refractivity (Wildman–Crippen MR) is 111 cm³/mol. The minimum Gasteiger partial charge on any atom is -0.339 e. The van der Waals surface area contributed by atoms with Crippen LogP contribution in [0, 0.1) is 0 Å². The fourth-order valence-corrected chi connectivity index (χ4v) is 4.81. The van der Waals surface area contributed by atoms with E-state index in [1.54, 1.807) is 0 Å². The van der Waals surface area contributed by atoms with Gasteiger partial charge in [-0.05, 0) is 31.0 Å². The second-order valence-electron chi connectivity index (χ2n) is 6.91. The lowest BCUT2D eigenvalue weighted by Gasteiger charge is -2.38. The van der Waals surface area contributed by atoms with Crippen molar-refractivity contribution in [3.05, 3.63) is 28.7 Å². The van der Waals surface area contributed by atoms with Gasteiger partial charge in [-0.3, -0.25) is 14.5 Å². The van der Waals surface area contributed by atoms with Crippen molar-refractivity contribution in [2.24, 2.45) is 0 Å². The molecule has 2 amide bonds. The maximum atomic E-state index is 12.4. The van der Waals surface area contributed by atoms with Gasteiger partial charge in [0, 0.05) is 42.4 Å². The van der Waals surface area contributed by atoms with E-state index in [2.05, 4.69) is 26.1 Å². The van der Waals surface area contributed by atoms with Crippen LogP contribution in [0.2, 0.25) is 0 Å². The molecule has 0 radical (unpaired) electrons. The number of hydrogen-bond donors (Lipinski definition) is 1. The molecule has 2 fully saturated rings. The number of carbonyl (C=O) groups excluding carboxylic acids is 2. The number of amides is 2. The number of anilines is 1. The van der Waals surface area contributed by atoms with Gasteiger partial charge in [0.2, 0.25) is 11.8 Å². The first-order valence-electron chi connectivity index (χ1n) is 9.27. The van der Waals surface area contributed by atoms with Crippen molar-refractivity contribution in [2.45, 2.75) is 31.7 Å². The Kier molecular flexibility index (Phi) is 7.40. The molecule has 0 bridgehead atoms. The van der Waals surface area contributed by atoms with Crippen molar-refractivity contribution >= 4 is 45.2 Å². The van der Waals surface area contributed by atoms with Gasteiger partial charge in [-0.25, -0.2) is 0 Å². The summed E-state index contributed by atoms with van der Waals surface area (Å²) >= 11 is 4.77. The van der Waals surface area contributed by atoms with Gasteiger partial charge in [-0.2, -0.15) is 0 Å². The summed E-state index contributed by atoms with van der Waals surface area (Å²) < 4.78 is 0.926. The highest BCUT2D eigenvalue weighted by Gasteiger charge is 2.27. The lowest BCUT2D eigenvalue weighted by Crippen LogP contribution is -2.51. The minimum atomic E-state index is -0.0769. The summed E-state index contributed by atoms with van der Waals surface area (Å²) in [7, 11) is 0. The summed E-state index contributed by atoms with van der Waals surface area (Å²) in [5.74, 6) is 0.735. The third-order valence-electron chi connectivity index (χ3n) is 5.08. The highest BCUT2D eigenvalue weighted by molar-refractivity contribution is 9.10. The van der Waals surface area contributed by atoms with Crippen LogP contribution in [0.1, 0.15) is 25.7 Å². The fraction of sp³-hybridized carbons (Fsp3) is 0.579. The first-order chi connectivity index (χ1) is 12.6. The molecule has 1 saturated heterocycles. The Morgan fingerprint density at radius 2 is 1.85 bits per heavy atom. The highest BCUT2D eigenvalue weighted by atomic mass is 79.9. The SMILES string of the molecule is O=C(CSCC(=O)N1CCN(C2CCCC2)CC1)Nc1cccc(Br)c1. The number of nitrogens with zero attached hydrogens (tertiary/aromatic N) is 2. The first kappa shape index (κ1) is 19.7.